The Labute approximate surface area is 148 Å². The molecule has 2 N–H and O–H groups in total. The summed E-state index contributed by atoms with van der Waals surface area (Å²) in [5, 5.41) is 16.3. The lowest BCUT2D eigenvalue weighted by Gasteiger charge is -2.41. The van der Waals surface area contributed by atoms with E-state index >= 15 is 0 Å². The Hall–Kier alpha value is -2.18. The zero-order chi connectivity index (χ0) is 17.7. The molecular weight excluding hydrogens is 316 g/mol. The number of amides is 1. The average molecular weight is 342 g/mol. The standard InChI is InChI=1S/C19H26N4O2/c1-22-11-8-19(9-12-22,16-5-3-2-4-6-16)15-20-18(25)17-7-10-21-23(17)13-14-24/h2-7,10,24H,8-9,11-15H2,1H3,(H,20,25). The summed E-state index contributed by atoms with van der Waals surface area (Å²) in [5.41, 5.74) is 1.74. The number of aliphatic hydroxyl groups excluding tert-OH is 1. The van der Waals surface area contributed by atoms with E-state index in [1.54, 1.807) is 16.9 Å². The molecule has 1 amide bonds. The number of benzene rings is 1. The van der Waals surface area contributed by atoms with Crippen LogP contribution in [0.15, 0.2) is 42.6 Å². The van der Waals surface area contributed by atoms with Crippen LogP contribution in [0.3, 0.4) is 0 Å². The molecule has 2 heterocycles. The van der Waals surface area contributed by atoms with Crippen molar-refractivity contribution < 1.29 is 9.90 Å². The van der Waals surface area contributed by atoms with Crippen molar-refractivity contribution in [1.29, 1.82) is 0 Å². The Kier molecular flexibility index (Phi) is 5.50. The van der Waals surface area contributed by atoms with Gasteiger partial charge in [-0.25, -0.2) is 0 Å². The molecule has 1 fully saturated rings. The Balaban J connectivity index is 1.75. The predicted octanol–water partition coefficient (Wildman–Crippen LogP) is 1.27. The summed E-state index contributed by atoms with van der Waals surface area (Å²) in [4.78, 5) is 15.0. The predicted molar refractivity (Wildman–Crippen MR) is 96.5 cm³/mol. The van der Waals surface area contributed by atoms with Crippen molar-refractivity contribution in [1.82, 2.24) is 20.0 Å². The summed E-state index contributed by atoms with van der Waals surface area (Å²) < 4.78 is 1.54. The zero-order valence-corrected chi connectivity index (χ0v) is 14.7. The van der Waals surface area contributed by atoms with Gasteiger partial charge in [-0.05, 0) is 44.6 Å². The molecule has 0 unspecified atom stereocenters. The van der Waals surface area contributed by atoms with E-state index in [1.165, 1.54) is 5.56 Å². The van der Waals surface area contributed by atoms with Crippen LogP contribution in [0.25, 0.3) is 0 Å². The van der Waals surface area contributed by atoms with Gasteiger partial charge in [-0.1, -0.05) is 30.3 Å². The first-order chi connectivity index (χ1) is 12.1. The van der Waals surface area contributed by atoms with Gasteiger partial charge in [0.15, 0.2) is 0 Å². The van der Waals surface area contributed by atoms with E-state index in [-0.39, 0.29) is 17.9 Å². The number of rotatable bonds is 6. The molecule has 1 aliphatic rings. The average Bonchev–Trinajstić information content (AvgIpc) is 3.11. The van der Waals surface area contributed by atoms with Crippen LogP contribution in [0.5, 0.6) is 0 Å². The molecule has 0 spiro atoms. The normalized spacial score (nSPS) is 17.4. The molecule has 3 rings (SSSR count). The Morgan fingerprint density at radius 1 is 1.24 bits per heavy atom. The highest BCUT2D eigenvalue weighted by molar-refractivity contribution is 5.92. The van der Waals surface area contributed by atoms with E-state index in [9.17, 15) is 4.79 Å². The third-order valence-electron chi connectivity index (χ3n) is 5.18. The highest BCUT2D eigenvalue weighted by atomic mass is 16.3. The zero-order valence-electron chi connectivity index (χ0n) is 14.7. The Bertz CT molecular complexity index is 690. The number of hydrogen-bond donors (Lipinski definition) is 2. The van der Waals surface area contributed by atoms with Crippen LogP contribution in [0.4, 0.5) is 0 Å². The number of aromatic nitrogens is 2. The summed E-state index contributed by atoms with van der Waals surface area (Å²) in [7, 11) is 2.14. The molecule has 0 bridgehead atoms. The second-order valence-corrected chi connectivity index (χ2v) is 6.80. The molecule has 6 heteroatoms. The molecule has 1 aliphatic heterocycles. The largest absolute Gasteiger partial charge is 0.394 e. The maximum atomic E-state index is 12.6. The number of hydrogen-bond acceptors (Lipinski definition) is 4. The number of piperidine rings is 1. The SMILES string of the molecule is CN1CCC(CNC(=O)c2ccnn2CCO)(c2ccccc2)CC1. The lowest BCUT2D eigenvalue weighted by Crippen LogP contribution is -2.48. The Morgan fingerprint density at radius 2 is 1.96 bits per heavy atom. The summed E-state index contributed by atoms with van der Waals surface area (Å²) in [5.74, 6) is -0.139. The van der Waals surface area contributed by atoms with Crippen molar-refractivity contribution in [3.05, 3.63) is 53.9 Å². The molecule has 0 radical (unpaired) electrons. The van der Waals surface area contributed by atoms with Crippen molar-refractivity contribution in [2.24, 2.45) is 0 Å². The third kappa shape index (κ3) is 3.91. The maximum Gasteiger partial charge on any atom is 0.269 e. The van der Waals surface area contributed by atoms with Gasteiger partial charge >= 0.3 is 0 Å². The molecule has 1 aromatic heterocycles. The van der Waals surface area contributed by atoms with Gasteiger partial charge in [-0.15, -0.1) is 0 Å². The number of carbonyl (C=O) groups is 1. The fourth-order valence-corrected chi connectivity index (χ4v) is 3.54. The first-order valence-corrected chi connectivity index (χ1v) is 8.79. The minimum Gasteiger partial charge on any atom is -0.394 e. The van der Waals surface area contributed by atoms with E-state index < -0.39 is 0 Å². The first kappa shape index (κ1) is 17.6. The second kappa shape index (κ2) is 7.80. The summed E-state index contributed by atoms with van der Waals surface area (Å²) in [6.07, 6.45) is 3.63. The lowest BCUT2D eigenvalue weighted by molar-refractivity contribution is 0.0915. The van der Waals surface area contributed by atoms with E-state index in [0.29, 0.717) is 18.8 Å². The number of nitrogens with one attached hydrogen (secondary N) is 1. The topological polar surface area (TPSA) is 70.4 Å². The van der Waals surface area contributed by atoms with Gasteiger partial charge in [0.05, 0.1) is 13.2 Å². The molecule has 1 aromatic carbocycles. The third-order valence-corrected chi connectivity index (χ3v) is 5.18. The Morgan fingerprint density at radius 3 is 2.64 bits per heavy atom. The number of aliphatic hydroxyl groups is 1. The maximum absolute atomic E-state index is 12.6. The van der Waals surface area contributed by atoms with E-state index in [0.717, 1.165) is 25.9 Å². The van der Waals surface area contributed by atoms with Crippen LogP contribution in [0.1, 0.15) is 28.9 Å². The van der Waals surface area contributed by atoms with E-state index in [1.807, 2.05) is 6.07 Å². The lowest BCUT2D eigenvalue weighted by atomic mass is 9.72. The quantitative estimate of drug-likeness (QED) is 0.829. The molecule has 1 saturated heterocycles. The van der Waals surface area contributed by atoms with Gasteiger partial charge in [0.2, 0.25) is 0 Å². The molecule has 25 heavy (non-hydrogen) atoms. The molecule has 2 aromatic rings. The van der Waals surface area contributed by atoms with Crippen molar-refractivity contribution >= 4 is 5.91 Å². The first-order valence-electron chi connectivity index (χ1n) is 8.79. The van der Waals surface area contributed by atoms with Gasteiger partial charge in [0, 0.05) is 18.2 Å². The van der Waals surface area contributed by atoms with Crippen molar-refractivity contribution in [3.8, 4) is 0 Å². The number of nitrogens with zero attached hydrogens (tertiary/aromatic N) is 3. The summed E-state index contributed by atoms with van der Waals surface area (Å²) >= 11 is 0. The van der Waals surface area contributed by atoms with Gasteiger partial charge in [0.25, 0.3) is 5.91 Å². The van der Waals surface area contributed by atoms with Crippen LogP contribution >= 0.6 is 0 Å². The molecule has 6 nitrogen and oxygen atoms in total. The van der Waals surface area contributed by atoms with Gasteiger partial charge in [0.1, 0.15) is 5.69 Å². The highest BCUT2D eigenvalue weighted by Gasteiger charge is 2.35. The molecule has 0 aliphatic carbocycles. The van der Waals surface area contributed by atoms with Crippen LogP contribution in [-0.2, 0) is 12.0 Å². The van der Waals surface area contributed by atoms with Gasteiger partial charge in [-0.2, -0.15) is 5.10 Å². The molecule has 0 atom stereocenters. The van der Waals surface area contributed by atoms with Crippen LogP contribution in [0, 0.1) is 0 Å². The van der Waals surface area contributed by atoms with E-state index in [2.05, 4.69) is 46.6 Å². The highest BCUT2D eigenvalue weighted by Crippen LogP contribution is 2.34. The van der Waals surface area contributed by atoms with Crippen molar-refractivity contribution in [2.75, 3.05) is 33.3 Å². The van der Waals surface area contributed by atoms with Crippen molar-refractivity contribution in [2.45, 2.75) is 24.8 Å². The molecular formula is C19H26N4O2. The summed E-state index contributed by atoms with van der Waals surface area (Å²) in [6.45, 7) is 2.93. The second-order valence-electron chi connectivity index (χ2n) is 6.80. The number of carbonyl (C=O) groups excluding carboxylic acids is 1. The van der Waals surface area contributed by atoms with Crippen LogP contribution in [-0.4, -0.2) is 59.0 Å². The fraction of sp³-hybridized carbons (Fsp3) is 0.474. The minimum atomic E-state index is -0.139. The number of likely N-dealkylation sites (tertiary alicyclic amines) is 1. The fourth-order valence-electron chi connectivity index (χ4n) is 3.54. The van der Waals surface area contributed by atoms with Gasteiger partial charge < -0.3 is 15.3 Å². The monoisotopic (exact) mass is 342 g/mol. The molecule has 0 saturated carbocycles. The van der Waals surface area contributed by atoms with Gasteiger partial charge in [-0.3, -0.25) is 9.48 Å². The van der Waals surface area contributed by atoms with Crippen LogP contribution in [0.2, 0.25) is 0 Å². The molecule has 134 valence electrons. The van der Waals surface area contributed by atoms with Crippen molar-refractivity contribution in [3.63, 3.8) is 0 Å². The van der Waals surface area contributed by atoms with Crippen LogP contribution < -0.4 is 5.32 Å². The minimum absolute atomic E-state index is 0.0364. The summed E-state index contributed by atoms with van der Waals surface area (Å²) in [6, 6.07) is 12.2. The van der Waals surface area contributed by atoms with E-state index in [4.69, 9.17) is 5.11 Å². The smallest absolute Gasteiger partial charge is 0.269 e.